The molecule has 0 aliphatic carbocycles. The van der Waals surface area contributed by atoms with Gasteiger partial charge >= 0.3 is 0 Å². The average molecular weight is 380 g/mol. The van der Waals surface area contributed by atoms with Crippen molar-refractivity contribution in [3.8, 4) is 0 Å². The fourth-order valence-corrected chi connectivity index (χ4v) is 4.50. The van der Waals surface area contributed by atoms with E-state index in [9.17, 15) is 12.8 Å². The first-order chi connectivity index (χ1) is 9.93. The summed E-state index contributed by atoms with van der Waals surface area (Å²) in [5.74, 6) is -1.40. The van der Waals surface area contributed by atoms with Crippen LogP contribution in [0.4, 0.5) is 4.39 Å². The second-order valence-electron chi connectivity index (χ2n) is 5.09. The first-order valence-corrected chi connectivity index (χ1v) is 8.89. The van der Waals surface area contributed by atoms with E-state index in [1.54, 1.807) is 0 Å². The van der Waals surface area contributed by atoms with Gasteiger partial charge in [-0.15, -0.1) is 0 Å². The molecule has 1 aromatic rings. The Morgan fingerprint density at radius 2 is 1.81 bits per heavy atom. The summed E-state index contributed by atoms with van der Waals surface area (Å²) in [7, 11) is -3.83. The van der Waals surface area contributed by atoms with Crippen LogP contribution in [0.1, 0.15) is 12.8 Å². The van der Waals surface area contributed by atoms with Crippen molar-refractivity contribution < 1.29 is 22.3 Å². The highest BCUT2D eigenvalue weighted by Crippen LogP contribution is 2.34. The molecule has 0 amide bonds. The molecular formula is C13H15BrFNO4S. The normalized spacial score (nSPS) is 22.8. The number of nitrogens with zero attached hydrogens (tertiary/aromatic N) is 1. The standard InChI is InChI=1S/C13H15BrFNO4S/c14-10-1-2-12(11(15)9-10)21(17,18)16-5-3-13(4-6-16)19-7-8-20-13/h1-2,9H,3-8H2. The van der Waals surface area contributed by atoms with E-state index in [-0.39, 0.29) is 18.0 Å². The number of hydrogen-bond acceptors (Lipinski definition) is 4. The Morgan fingerprint density at radius 3 is 2.38 bits per heavy atom. The maximum atomic E-state index is 13.9. The van der Waals surface area contributed by atoms with Crippen LogP contribution < -0.4 is 0 Å². The summed E-state index contributed by atoms with van der Waals surface area (Å²) in [5, 5.41) is 0. The van der Waals surface area contributed by atoms with Gasteiger partial charge in [-0.05, 0) is 18.2 Å². The van der Waals surface area contributed by atoms with Crippen molar-refractivity contribution in [3.05, 3.63) is 28.5 Å². The van der Waals surface area contributed by atoms with E-state index >= 15 is 0 Å². The summed E-state index contributed by atoms with van der Waals surface area (Å²) in [5.41, 5.74) is 0. The molecule has 0 N–H and O–H groups in total. The molecular weight excluding hydrogens is 365 g/mol. The lowest BCUT2D eigenvalue weighted by molar-refractivity contribution is -0.179. The molecule has 0 atom stereocenters. The van der Waals surface area contributed by atoms with Crippen LogP contribution in [0.15, 0.2) is 27.6 Å². The Hall–Kier alpha value is -0.540. The lowest BCUT2D eigenvalue weighted by atomic mass is 10.1. The molecule has 3 rings (SSSR count). The summed E-state index contributed by atoms with van der Waals surface area (Å²) in [6.07, 6.45) is 0.925. The largest absolute Gasteiger partial charge is 0.347 e. The zero-order valence-electron chi connectivity index (χ0n) is 11.2. The monoisotopic (exact) mass is 379 g/mol. The van der Waals surface area contributed by atoms with E-state index in [1.165, 1.54) is 16.4 Å². The number of piperidine rings is 1. The molecule has 2 aliphatic rings. The van der Waals surface area contributed by atoms with Crippen molar-refractivity contribution in [1.29, 1.82) is 0 Å². The van der Waals surface area contributed by atoms with Crippen molar-refractivity contribution in [1.82, 2.24) is 4.31 Å². The van der Waals surface area contributed by atoms with Crippen LogP contribution in [0.5, 0.6) is 0 Å². The molecule has 21 heavy (non-hydrogen) atoms. The molecule has 2 fully saturated rings. The molecule has 0 radical (unpaired) electrons. The van der Waals surface area contributed by atoms with Crippen LogP contribution in [0.2, 0.25) is 0 Å². The van der Waals surface area contributed by atoms with Gasteiger partial charge in [-0.25, -0.2) is 12.8 Å². The van der Waals surface area contributed by atoms with Crippen LogP contribution >= 0.6 is 15.9 Å². The number of halogens is 2. The highest BCUT2D eigenvalue weighted by atomic mass is 79.9. The fraction of sp³-hybridized carbons (Fsp3) is 0.538. The average Bonchev–Trinajstić information content (AvgIpc) is 2.87. The van der Waals surface area contributed by atoms with Gasteiger partial charge in [0.1, 0.15) is 10.7 Å². The second kappa shape index (κ2) is 5.58. The highest BCUT2D eigenvalue weighted by molar-refractivity contribution is 9.10. The molecule has 2 saturated heterocycles. The van der Waals surface area contributed by atoms with Crippen molar-refractivity contribution >= 4 is 26.0 Å². The van der Waals surface area contributed by atoms with Gasteiger partial charge in [-0.2, -0.15) is 4.31 Å². The number of sulfonamides is 1. The van der Waals surface area contributed by atoms with Gasteiger partial charge in [0, 0.05) is 30.4 Å². The third kappa shape index (κ3) is 2.87. The van der Waals surface area contributed by atoms with Gasteiger partial charge in [-0.1, -0.05) is 15.9 Å². The maximum Gasteiger partial charge on any atom is 0.245 e. The van der Waals surface area contributed by atoms with Gasteiger partial charge in [0.15, 0.2) is 5.79 Å². The summed E-state index contributed by atoms with van der Waals surface area (Å²) in [6, 6.07) is 3.95. The number of ether oxygens (including phenoxy) is 2. The molecule has 1 aromatic carbocycles. The Labute approximate surface area is 131 Å². The predicted octanol–water partition coefficient (Wildman–Crippen LogP) is 2.12. The van der Waals surface area contributed by atoms with E-state index in [1.807, 2.05) is 0 Å². The van der Waals surface area contributed by atoms with E-state index < -0.39 is 21.6 Å². The number of hydrogen-bond donors (Lipinski definition) is 0. The molecule has 0 bridgehead atoms. The van der Waals surface area contributed by atoms with E-state index in [2.05, 4.69) is 15.9 Å². The third-order valence-electron chi connectivity index (χ3n) is 3.81. The summed E-state index contributed by atoms with van der Waals surface area (Å²) < 4.78 is 51.9. The van der Waals surface area contributed by atoms with Gasteiger partial charge < -0.3 is 9.47 Å². The minimum atomic E-state index is -3.83. The lowest BCUT2D eigenvalue weighted by Gasteiger charge is -2.36. The molecule has 2 aliphatic heterocycles. The Kier molecular flexibility index (Phi) is 4.08. The van der Waals surface area contributed by atoms with Crippen LogP contribution in [-0.2, 0) is 19.5 Å². The van der Waals surface area contributed by atoms with Crippen molar-refractivity contribution in [2.45, 2.75) is 23.5 Å². The summed E-state index contributed by atoms with van der Waals surface area (Å²) >= 11 is 3.12. The molecule has 116 valence electrons. The zero-order valence-corrected chi connectivity index (χ0v) is 13.6. The minimum absolute atomic E-state index is 0.262. The van der Waals surface area contributed by atoms with E-state index in [0.717, 1.165) is 6.07 Å². The van der Waals surface area contributed by atoms with Gasteiger partial charge in [-0.3, -0.25) is 0 Å². The Bertz CT molecular complexity index is 636. The molecule has 5 nitrogen and oxygen atoms in total. The highest BCUT2D eigenvalue weighted by Gasteiger charge is 2.43. The van der Waals surface area contributed by atoms with Gasteiger partial charge in [0.05, 0.1) is 13.2 Å². The van der Waals surface area contributed by atoms with Crippen molar-refractivity contribution in [2.24, 2.45) is 0 Å². The molecule has 0 unspecified atom stereocenters. The third-order valence-corrected chi connectivity index (χ3v) is 6.23. The van der Waals surface area contributed by atoms with E-state index in [4.69, 9.17) is 9.47 Å². The smallest absolute Gasteiger partial charge is 0.245 e. The molecule has 8 heteroatoms. The topological polar surface area (TPSA) is 55.8 Å². The van der Waals surface area contributed by atoms with Crippen LogP contribution in [-0.4, -0.2) is 44.8 Å². The van der Waals surface area contributed by atoms with Gasteiger partial charge in [0.25, 0.3) is 0 Å². The van der Waals surface area contributed by atoms with Gasteiger partial charge in [0.2, 0.25) is 10.0 Å². The van der Waals surface area contributed by atoms with Crippen LogP contribution in [0.3, 0.4) is 0 Å². The van der Waals surface area contributed by atoms with Crippen LogP contribution in [0, 0.1) is 5.82 Å². The number of benzene rings is 1. The Morgan fingerprint density at radius 1 is 1.19 bits per heavy atom. The first-order valence-electron chi connectivity index (χ1n) is 6.66. The fourth-order valence-electron chi connectivity index (χ4n) is 2.68. The van der Waals surface area contributed by atoms with Crippen LogP contribution in [0.25, 0.3) is 0 Å². The molecule has 0 aromatic heterocycles. The maximum absolute atomic E-state index is 13.9. The molecule has 1 spiro atoms. The molecule has 0 saturated carbocycles. The predicted molar refractivity (Wildman–Crippen MR) is 76.7 cm³/mol. The first kappa shape index (κ1) is 15.4. The Balaban J connectivity index is 1.80. The molecule has 2 heterocycles. The summed E-state index contributed by atoms with van der Waals surface area (Å²) in [6.45, 7) is 1.60. The zero-order chi connectivity index (χ0) is 15.1. The number of rotatable bonds is 2. The lowest BCUT2D eigenvalue weighted by Crippen LogP contribution is -2.47. The second-order valence-corrected chi connectivity index (χ2v) is 7.91. The quantitative estimate of drug-likeness (QED) is 0.789. The minimum Gasteiger partial charge on any atom is -0.347 e. The van der Waals surface area contributed by atoms with Crippen molar-refractivity contribution in [3.63, 3.8) is 0 Å². The van der Waals surface area contributed by atoms with E-state index in [0.29, 0.717) is 30.5 Å². The summed E-state index contributed by atoms with van der Waals surface area (Å²) in [4.78, 5) is -0.296. The van der Waals surface area contributed by atoms with Crippen molar-refractivity contribution in [2.75, 3.05) is 26.3 Å². The SMILES string of the molecule is O=S(=O)(c1ccc(Br)cc1F)N1CCC2(CC1)OCCO2.